The third kappa shape index (κ3) is 7.10. The number of nitrogens with zero attached hydrogens (tertiary/aromatic N) is 1. The molecule has 0 bridgehead atoms. The fraction of sp³-hybridized carbons (Fsp3) is 0.259. The fourth-order valence-corrected chi connectivity index (χ4v) is 3.32. The number of unbranched alkanes of at least 4 members (excludes halogenated alkanes) is 1. The summed E-state index contributed by atoms with van der Waals surface area (Å²) >= 11 is 0. The lowest BCUT2D eigenvalue weighted by atomic mass is 10.1. The number of ether oxygens (including phenoxy) is 1. The Kier molecular flexibility index (Phi) is 8.88. The van der Waals surface area contributed by atoms with Gasteiger partial charge in [-0.1, -0.05) is 37.6 Å². The van der Waals surface area contributed by atoms with Crippen molar-refractivity contribution in [2.24, 2.45) is 0 Å². The second-order valence-corrected chi connectivity index (χ2v) is 7.59. The van der Waals surface area contributed by atoms with E-state index in [0.29, 0.717) is 24.4 Å². The van der Waals surface area contributed by atoms with Crippen LogP contribution in [0.1, 0.15) is 37.0 Å². The normalized spacial score (nSPS) is 10.4. The molecule has 33 heavy (non-hydrogen) atoms. The maximum absolute atomic E-state index is 12.9. The second kappa shape index (κ2) is 12.3. The standard InChI is InChI=1S/C27H31N3O3/c1-3-5-18-33-25-13-9-10-23(19-25)29-26(31)20-28-22-16-14-21(15-17-22)27(32)30(4-2)24-11-7-6-8-12-24/h6-17,19,28H,3-5,18,20H2,1-2H3,(H,29,31). The number of para-hydroxylation sites is 1. The highest BCUT2D eigenvalue weighted by Gasteiger charge is 2.15. The first kappa shape index (κ1) is 23.9. The molecule has 3 rings (SSSR count). The van der Waals surface area contributed by atoms with Crippen LogP contribution in [0.5, 0.6) is 5.75 Å². The zero-order chi connectivity index (χ0) is 23.5. The van der Waals surface area contributed by atoms with Crippen LogP contribution in [0.4, 0.5) is 17.1 Å². The molecule has 0 fully saturated rings. The summed E-state index contributed by atoms with van der Waals surface area (Å²) in [6, 6.07) is 24.1. The number of amides is 2. The quantitative estimate of drug-likeness (QED) is 0.378. The largest absolute Gasteiger partial charge is 0.494 e. The van der Waals surface area contributed by atoms with Gasteiger partial charge < -0.3 is 20.3 Å². The monoisotopic (exact) mass is 445 g/mol. The maximum Gasteiger partial charge on any atom is 0.258 e. The molecule has 0 spiro atoms. The average molecular weight is 446 g/mol. The zero-order valence-electron chi connectivity index (χ0n) is 19.2. The van der Waals surface area contributed by atoms with Crippen LogP contribution in [0.2, 0.25) is 0 Å². The summed E-state index contributed by atoms with van der Waals surface area (Å²) in [5.41, 5.74) is 2.91. The van der Waals surface area contributed by atoms with Crippen molar-refractivity contribution in [3.8, 4) is 5.75 Å². The Balaban J connectivity index is 1.52. The van der Waals surface area contributed by atoms with Gasteiger partial charge in [0.2, 0.25) is 5.91 Å². The summed E-state index contributed by atoms with van der Waals surface area (Å²) in [6.07, 6.45) is 2.06. The second-order valence-electron chi connectivity index (χ2n) is 7.59. The van der Waals surface area contributed by atoms with Crippen molar-refractivity contribution in [2.45, 2.75) is 26.7 Å². The number of benzene rings is 3. The first-order valence-electron chi connectivity index (χ1n) is 11.3. The lowest BCUT2D eigenvalue weighted by Crippen LogP contribution is -2.30. The van der Waals surface area contributed by atoms with Crippen molar-refractivity contribution < 1.29 is 14.3 Å². The van der Waals surface area contributed by atoms with Gasteiger partial charge in [0.25, 0.3) is 5.91 Å². The minimum Gasteiger partial charge on any atom is -0.494 e. The molecule has 0 aromatic heterocycles. The summed E-state index contributed by atoms with van der Waals surface area (Å²) in [4.78, 5) is 27.0. The zero-order valence-corrected chi connectivity index (χ0v) is 19.2. The number of rotatable bonds is 11. The van der Waals surface area contributed by atoms with Gasteiger partial charge in [0.1, 0.15) is 5.75 Å². The van der Waals surface area contributed by atoms with Gasteiger partial charge in [0.15, 0.2) is 0 Å². The third-order valence-corrected chi connectivity index (χ3v) is 5.10. The molecule has 0 aliphatic rings. The van der Waals surface area contributed by atoms with E-state index in [4.69, 9.17) is 4.74 Å². The van der Waals surface area contributed by atoms with Gasteiger partial charge in [-0.25, -0.2) is 0 Å². The topological polar surface area (TPSA) is 70.7 Å². The molecule has 0 aliphatic heterocycles. The van der Waals surface area contributed by atoms with Crippen LogP contribution in [-0.2, 0) is 4.79 Å². The van der Waals surface area contributed by atoms with E-state index in [1.807, 2.05) is 73.7 Å². The van der Waals surface area contributed by atoms with Crippen molar-refractivity contribution in [2.75, 3.05) is 35.2 Å². The fourth-order valence-electron chi connectivity index (χ4n) is 3.32. The lowest BCUT2D eigenvalue weighted by molar-refractivity contribution is -0.114. The van der Waals surface area contributed by atoms with Gasteiger partial charge in [-0.05, 0) is 61.9 Å². The highest BCUT2D eigenvalue weighted by molar-refractivity contribution is 6.06. The maximum atomic E-state index is 12.9. The van der Waals surface area contributed by atoms with Crippen LogP contribution in [-0.4, -0.2) is 31.5 Å². The summed E-state index contributed by atoms with van der Waals surface area (Å²) in [6.45, 7) is 5.41. The Morgan fingerprint density at radius 1 is 0.879 bits per heavy atom. The lowest BCUT2D eigenvalue weighted by Gasteiger charge is -2.21. The Labute approximate surface area is 195 Å². The number of nitrogens with one attached hydrogen (secondary N) is 2. The van der Waals surface area contributed by atoms with E-state index in [2.05, 4.69) is 17.6 Å². The van der Waals surface area contributed by atoms with Crippen LogP contribution in [0.15, 0.2) is 78.9 Å². The van der Waals surface area contributed by atoms with Gasteiger partial charge >= 0.3 is 0 Å². The number of carbonyl (C=O) groups excluding carboxylic acids is 2. The molecule has 6 heteroatoms. The van der Waals surface area contributed by atoms with E-state index in [-0.39, 0.29) is 18.4 Å². The van der Waals surface area contributed by atoms with Crippen LogP contribution >= 0.6 is 0 Å². The Bertz CT molecular complexity index is 1040. The highest BCUT2D eigenvalue weighted by atomic mass is 16.5. The highest BCUT2D eigenvalue weighted by Crippen LogP contribution is 2.19. The molecule has 172 valence electrons. The van der Waals surface area contributed by atoms with Gasteiger partial charge in [-0.15, -0.1) is 0 Å². The van der Waals surface area contributed by atoms with Crippen molar-refractivity contribution in [1.29, 1.82) is 0 Å². The van der Waals surface area contributed by atoms with E-state index in [9.17, 15) is 9.59 Å². The van der Waals surface area contributed by atoms with Crippen molar-refractivity contribution in [3.05, 3.63) is 84.4 Å². The molecule has 6 nitrogen and oxygen atoms in total. The molecule has 0 saturated heterocycles. The molecule has 0 unspecified atom stereocenters. The number of hydrogen-bond donors (Lipinski definition) is 2. The van der Waals surface area contributed by atoms with Gasteiger partial charge in [-0.3, -0.25) is 9.59 Å². The number of hydrogen-bond acceptors (Lipinski definition) is 4. The van der Waals surface area contributed by atoms with Crippen molar-refractivity contribution >= 4 is 28.9 Å². The Morgan fingerprint density at radius 2 is 1.64 bits per heavy atom. The van der Waals surface area contributed by atoms with Crippen LogP contribution < -0.4 is 20.3 Å². The van der Waals surface area contributed by atoms with Crippen LogP contribution in [0, 0.1) is 0 Å². The SMILES string of the molecule is CCCCOc1cccc(NC(=O)CNc2ccc(C(=O)N(CC)c3ccccc3)cc2)c1. The third-order valence-electron chi connectivity index (χ3n) is 5.10. The summed E-state index contributed by atoms with van der Waals surface area (Å²) in [5.74, 6) is 0.516. The summed E-state index contributed by atoms with van der Waals surface area (Å²) in [7, 11) is 0. The van der Waals surface area contributed by atoms with E-state index < -0.39 is 0 Å². The molecule has 2 amide bonds. The smallest absolute Gasteiger partial charge is 0.258 e. The van der Waals surface area contributed by atoms with E-state index in [0.717, 1.165) is 30.0 Å². The van der Waals surface area contributed by atoms with Gasteiger partial charge in [0, 0.05) is 35.2 Å². The molecule has 0 atom stereocenters. The van der Waals surface area contributed by atoms with E-state index >= 15 is 0 Å². The molecule has 0 saturated carbocycles. The van der Waals surface area contributed by atoms with Crippen molar-refractivity contribution in [1.82, 2.24) is 0 Å². The van der Waals surface area contributed by atoms with Crippen LogP contribution in [0.25, 0.3) is 0 Å². The number of carbonyl (C=O) groups is 2. The minimum absolute atomic E-state index is 0.0611. The Hall–Kier alpha value is -3.80. The molecular weight excluding hydrogens is 414 g/mol. The first-order valence-corrected chi connectivity index (χ1v) is 11.3. The number of anilines is 3. The minimum atomic E-state index is -0.165. The predicted molar refractivity (Wildman–Crippen MR) is 134 cm³/mol. The molecular formula is C27H31N3O3. The molecule has 0 radical (unpaired) electrons. The van der Waals surface area contributed by atoms with Gasteiger partial charge in [0.05, 0.1) is 13.2 Å². The molecule has 2 N–H and O–H groups in total. The van der Waals surface area contributed by atoms with Crippen molar-refractivity contribution in [3.63, 3.8) is 0 Å². The Morgan fingerprint density at radius 3 is 2.33 bits per heavy atom. The van der Waals surface area contributed by atoms with E-state index in [1.165, 1.54) is 0 Å². The molecule has 3 aromatic carbocycles. The molecule has 3 aromatic rings. The van der Waals surface area contributed by atoms with E-state index in [1.54, 1.807) is 17.0 Å². The predicted octanol–water partition coefficient (Wildman–Crippen LogP) is 5.58. The first-order chi connectivity index (χ1) is 16.1. The van der Waals surface area contributed by atoms with Gasteiger partial charge in [-0.2, -0.15) is 0 Å². The van der Waals surface area contributed by atoms with Crippen LogP contribution in [0.3, 0.4) is 0 Å². The average Bonchev–Trinajstić information content (AvgIpc) is 2.84. The molecule has 0 heterocycles. The summed E-state index contributed by atoms with van der Waals surface area (Å²) in [5, 5.41) is 5.97. The molecule has 0 aliphatic carbocycles. The summed E-state index contributed by atoms with van der Waals surface area (Å²) < 4.78 is 5.68.